The Hall–Kier alpha value is -3.22. The molecule has 29 heavy (non-hydrogen) atoms. The van der Waals surface area contributed by atoms with Crippen LogP contribution in [0.4, 0.5) is 4.79 Å². The summed E-state index contributed by atoms with van der Waals surface area (Å²) in [5.41, 5.74) is 1.22. The molecule has 0 spiro atoms. The lowest BCUT2D eigenvalue weighted by Gasteiger charge is -2.31. The second kappa shape index (κ2) is 8.86. The molecule has 1 aromatic carbocycles. The standard InChI is InChI=1S/C22H26N4O3/c27-21(20-7-3-16-29-20)26-14-9-18(10-15-26)24-22(28)23-11-4-12-25-13-8-17-5-1-2-6-19(17)25/h1-3,5-8,13,16,18H,4,9-12,14-15H2,(H2,23,24,28). The van der Waals surface area contributed by atoms with Gasteiger partial charge in [0.25, 0.3) is 5.91 Å². The van der Waals surface area contributed by atoms with E-state index >= 15 is 0 Å². The number of urea groups is 1. The number of rotatable bonds is 6. The van der Waals surface area contributed by atoms with E-state index in [1.54, 1.807) is 17.0 Å². The SMILES string of the molecule is O=C(NCCCn1ccc2ccccc21)NC1CCN(C(=O)c2ccco2)CC1. The van der Waals surface area contributed by atoms with Crippen LogP contribution in [0.2, 0.25) is 0 Å². The van der Waals surface area contributed by atoms with Gasteiger partial charge in [-0.15, -0.1) is 0 Å². The number of fused-ring (bicyclic) bond motifs is 1. The molecule has 7 heteroatoms. The van der Waals surface area contributed by atoms with Crippen molar-refractivity contribution >= 4 is 22.8 Å². The number of aromatic nitrogens is 1. The van der Waals surface area contributed by atoms with Crippen LogP contribution >= 0.6 is 0 Å². The number of nitrogens with one attached hydrogen (secondary N) is 2. The van der Waals surface area contributed by atoms with E-state index in [1.165, 1.54) is 17.2 Å². The molecule has 1 saturated heterocycles. The number of carbonyl (C=O) groups excluding carboxylic acids is 2. The van der Waals surface area contributed by atoms with Gasteiger partial charge in [0.15, 0.2) is 5.76 Å². The van der Waals surface area contributed by atoms with Crippen LogP contribution in [0, 0.1) is 0 Å². The third-order valence-electron chi connectivity index (χ3n) is 5.39. The lowest BCUT2D eigenvalue weighted by Crippen LogP contribution is -2.49. The maximum absolute atomic E-state index is 12.3. The van der Waals surface area contributed by atoms with Gasteiger partial charge in [-0.25, -0.2) is 4.79 Å². The third-order valence-corrected chi connectivity index (χ3v) is 5.39. The van der Waals surface area contributed by atoms with Crippen molar-refractivity contribution < 1.29 is 14.0 Å². The van der Waals surface area contributed by atoms with Gasteiger partial charge >= 0.3 is 6.03 Å². The quantitative estimate of drug-likeness (QED) is 0.630. The number of benzene rings is 1. The number of carbonyl (C=O) groups is 2. The zero-order valence-electron chi connectivity index (χ0n) is 16.3. The normalized spacial score (nSPS) is 14.8. The van der Waals surface area contributed by atoms with Gasteiger partial charge in [0.05, 0.1) is 6.26 Å². The summed E-state index contributed by atoms with van der Waals surface area (Å²) in [5.74, 6) is 0.278. The van der Waals surface area contributed by atoms with Crippen LogP contribution in [-0.4, -0.2) is 47.1 Å². The van der Waals surface area contributed by atoms with E-state index in [1.807, 2.05) is 12.1 Å². The Morgan fingerprint density at radius 3 is 2.69 bits per heavy atom. The second-order valence-electron chi connectivity index (χ2n) is 7.37. The molecular weight excluding hydrogens is 368 g/mol. The van der Waals surface area contributed by atoms with Crippen molar-refractivity contribution in [1.82, 2.24) is 20.1 Å². The molecule has 3 aromatic rings. The minimum absolute atomic E-state index is 0.0871. The van der Waals surface area contributed by atoms with Crippen molar-refractivity contribution in [3.63, 3.8) is 0 Å². The van der Waals surface area contributed by atoms with Crippen molar-refractivity contribution in [2.75, 3.05) is 19.6 Å². The van der Waals surface area contributed by atoms with E-state index < -0.39 is 0 Å². The number of aryl methyl sites for hydroxylation is 1. The summed E-state index contributed by atoms with van der Waals surface area (Å²) in [6, 6.07) is 13.7. The first-order chi connectivity index (χ1) is 14.2. The average molecular weight is 394 g/mol. The molecule has 0 unspecified atom stereocenters. The molecule has 2 aromatic heterocycles. The number of piperidine rings is 1. The molecule has 3 heterocycles. The van der Waals surface area contributed by atoms with Gasteiger partial charge in [0.2, 0.25) is 0 Å². The summed E-state index contributed by atoms with van der Waals surface area (Å²) >= 11 is 0. The van der Waals surface area contributed by atoms with Gasteiger partial charge in [0, 0.05) is 43.9 Å². The third kappa shape index (κ3) is 4.62. The highest BCUT2D eigenvalue weighted by atomic mass is 16.3. The van der Waals surface area contributed by atoms with Crippen LogP contribution in [0.5, 0.6) is 0 Å². The zero-order chi connectivity index (χ0) is 20.1. The number of hydrogen-bond acceptors (Lipinski definition) is 3. The molecule has 0 bridgehead atoms. The van der Waals surface area contributed by atoms with E-state index in [0.29, 0.717) is 25.4 Å². The van der Waals surface area contributed by atoms with Gasteiger partial charge in [-0.05, 0) is 48.9 Å². The van der Waals surface area contributed by atoms with Gasteiger partial charge in [-0.2, -0.15) is 0 Å². The fourth-order valence-electron chi connectivity index (χ4n) is 3.81. The first-order valence-corrected chi connectivity index (χ1v) is 10.1. The molecule has 3 amide bonds. The Labute approximate surface area is 169 Å². The number of likely N-dealkylation sites (tertiary alicyclic amines) is 1. The Kier molecular flexibility index (Phi) is 5.84. The lowest BCUT2D eigenvalue weighted by atomic mass is 10.0. The summed E-state index contributed by atoms with van der Waals surface area (Å²) < 4.78 is 7.38. The highest BCUT2D eigenvalue weighted by Crippen LogP contribution is 2.16. The summed E-state index contributed by atoms with van der Waals surface area (Å²) in [4.78, 5) is 26.2. The Balaban J connectivity index is 1.15. The number of amides is 3. The van der Waals surface area contributed by atoms with Crippen molar-refractivity contribution in [2.45, 2.75) is 31.8 Å². The first kappa shape index (κ1) is 19.1. The van der Waals surface area contributed by atoms with Gasteiger partial charge < -0.3 is 24.5 Å². The van der Waals surface area contributed by atoms with E-state index in [2.05, 4.69) is 39.6 Å². The summed E-state index contributed by atoms with van der Waals surface area (Å²) in [6.07, 6.45) is 5.94. The van der Waals surface area contributed by atoms with E-state index in [4.69, 9.17) is 4.42 Å². The Morgan fingerprint density at radius 2 is 1.90 bits per heavy atom. The number of hydrogen-bond donors (Lipinski definition) is 2. The highest BCUT2D eigenvalue weighted by molar-refractivity contribution is 5.91. The molecule has 0 saturated carbocycles. The predicted molar refractivity (Wildman–Crippen MR) is 111 cm³/mol. The molecule has 1 aliphatic rings. The second-order valence-corrected chi connectivity index (χ2v) is 7.37. The molecule has 1 aliphatic heterocycles. The van der Waals surface area contributed by atoms with E-state index in [9.17, 15) is 9.59 Å². The molecule has 0 atom stereocenters. The van der Waals surface area contributed by atoms with E-state index in [-0.39, 0.29) is 18.0 Å². The van der Waals surface area contributed by atoms with Crippen molar-refractivity contribution in [2.24, 2.45) is 0 Å². The molecule has 0 radical (unpaired) electrons. The first-order valence-electron chi connectivity index (χ1n) is 10.1. The molecule has 2 N–H and O–H groups in total. The average Bonchev–Trinajstić information content (AvgIpc) is 3.42. The van der Waals surface area contributed by atoms with Crippen LogP contribution < -0.4 is 10.6 Å². The van der Waals surface area contributed by atoms with Crippen molar-refractivity contribution in [3.8, 4) is 0 Å². The zero-order valence-corrected chi connectivity index (χ0v) is 16.3. The van der Waals surface area contributed by atoms with Crippen molar-refractivity contribution in [3.05, 3.63) is 60.7 Å². The van der Waals surface area contributed by atoms with Crippen LogP contribution in [-0.2, 0) is 6.54 Å². The van der Waals surface area contributed by atoms with Crippen LogP contribution in [0.25, 0.3) is 10.9 Å². The predicted octanol–water partition coefficient (Wildman–Crippen LogP) is 3.23. The monoisotopic (exact) mass is 394 g/mol. The molecule has 1 fully saturated rings. The summed E-state index contributed by atoms with van der Waals surface area (Å²) in [7, 11) is 0. The summed E-state index contributed by atoms with van der Waals surface area (Å²) in [6.45, 7) is 2.71. The van der Waals surface area contributed by atoms with Gasteiger partial charge in [0.1, 0.15) is 0 Å². The smallest absolute Gasteiger partial charge is 0.315 e. The Morgan fingerprint density at radius 1 is 1.07 bits per heavy atom. The fourth-order valence-corrected chi connectivity index (χ4v) is 3.81. The largest absolute Gasteiger partial charge is 0.459 e. The van der Waals surface area contributed by atoms with Crippen LogP contribution in [0.1, 0.15) is 29.8 Å². The molecular formula is C22H26N4O3. The minimum Gasteiger partial charge on any atom is -0.459 e. The number of nitrogens with zero attached hydrogens (tertiary/aromatic N) is 2. The maximum atomic E-state index is 12.3. The lowest BCUT2D eigenvalue weighted by molar-refractivity contribution is 0.0676. The fraction of sp³-hybridized carbons (Fsp3) is 0.364. The Bertz CT molecular complexity index is 956. The van der Waals surface area contributed by atoms with Crippen molar-refractivity contribution in [1.29, 1.82) is 0 Å². The molecule has 0 aliphatic carbocycles. The number of para-hydroxylation sites is 1. The number of furan rings is 1. The molecule has 4 rings (SSSR count). The topological polar surface area (TPSA) is 79.5 Å². The van der Waals surface area contributed by atoms with Crippen LogP contribution in [0.15, 0.2) is 59.3 Å². The van der Waals surface area contributed by atoms with E-state index in [0.717, 1.165) is 25.8 Å². The molecule has 152 valence electrons. The van der Waals surface area contributed by atoms with Gasteiger partial charge in [-0.3, -0.25) is 4.79 Å². The maximum Gasteiger partial charge on any atom is 0.315 e. The minimum atomic E-state index is -0.141. The van der Waals surface area contributed by atoms with Crippen LogP contribution in [0.3, 0.4) is 0 Å². The summed E-state index contributed by atoms with van der Waals surface area (Å²) in [5, 5.41) is 7.19. The molecule has 7 nitrogen and oxygen atoms in total. The van der Waals surface area contributed by atoms with Gasteiger partial charge in [-0.1, -0.05) is 18.2 Å². The highest BCUT2D eigenvalue weighted by Gasteiger charge is 2.25.